The summed E-state index contributed by atoms with van der Waals surface area (Å²) in [5.74, 6) is -0.115. The lowest BCUT2D eigenvalue weighted by Gasteiger charge is -2.15. The highest BCUT2D eigenvalue weighted by atomic mass is 35.5. The van der Waals surface area contributed by atoms with E-state index in [1.54, 1.807) is 10.9 Å². The van der Waals surface area contributed by atoms with Crippen molar-refractivity contribution in [3.63, 3.8) is 0 Å². The van der Waals surface area contributed by atoms with E-state index in [0.717, 1.165) is 18.4 Å². The summed E-state index contributed by atoms with van der Waals surface area (Å²) in [6, 6.07) is 9.84. The summed E-state index contributed by atoms with van der Waals surface area (Å²) < 4.78 is 1.72. The second-order valence-electron chi connectivity index (χ2n) is 4.80. The van der Waals surface area contributed by atoms with Gasteiger partial charge in [-0.1, -0.05) is 55.8 Å². The first-order chi connectivity index (χ1) is 9.69. The van der Waals surface area contributed by atoms with Gasteiger partial charge in [-0.15, -0.1) is 0 Å². The van der Waals surface area contributed by atoms with Crippen LogP contribution in [-0.4, -0.2) is 15.6 Å². The molecule has 0 saturated carbocycles. The fourth-order valence-electron chi connectivity index (χ4n) is 2.41. The normalized spacial score (nSPS) is 12.3. The van der Waals surface area contributed by atoms with Crippen LogP contribution in [0.5, 0.6) is 0 Å². The van der Waals surface area contributed by atoms with Crippen LogP contribution in [0.25, 0.3) is 0 Å². The Bertz CT molecular complexity index is 577. The second kappa shape index (κ2) is 6.71. The molecule has 0 radical (unpaired) electrons. The summed E-state index contributed by atoms with van der Waals surface area (Å²) in [5, 5.41) is 4.64. The van der Waals surface area contributed by atoms with Crippen molar-refractivity contribution in [2.24, 2.45) is 0 Å². The zero-order valence-corrected chi connectivity index (χ0v) is 12.6. The average molecular weight is 291 g/mol. The molecule has 0 N–H and O–H groups in total. The Morgan fingerprint density at radius 2 is 2.00 bits per heavy atom. The highest BCUT2D eigenvalue weighted by Gasteiger charge is 2.25. The first kappa shape index (κ1) is 14.8. The van der Waals surface area contributed by atoms with Crippen LogP contribution in [0.2, 0.25) is 5.02 Å². The summed E-state index contributed by atoms with van der Waals surface area (Å²) >= 11 is 6.16. The van der Waals surface area contributed by atoms with E-state index >= 15 is 0 Å². The molecule has 0 aliphatic carbocycles. The highest BCUT2D eigenvalue weighted by Crippen LogP contribution is 2.27. The Morgan fingerprint density at radius 3 is 2.60 bits per heavy atom. The summed E-state index contributed by atoms with van der Waals surface area (Å²) in [5.41, 5.74) is 1.56. The molecular weight excluding hydrogens is 272 g/mol. The summed E-state index contributed by atoms with van der Waals surface area (Å²) in [7, 11) is 0. The van der Waals surface area contributed by atoms with Gasteiger partial charge in [0.25, 0.3) is 0 Å². The Hall–Kier alpha value is -1.61. The zero-order chi connectivity index (χ0) is 14.5. The molecule has 0 bridgehead atoms. The smallest absolute Gasteiger partial charge is 0.189 e. The number of aromatic nitrogens is 2. The summed E-state index contributed by atoms with van der Waals surface area (Å²) in [6.07, 6.45) is 3.22. The van der Waals surface area contributed by atoms with E-state index in [1.807, 2.05) is 37.3 Å². The number of hydrogen-bond acceptors (Lipinski definition) is 2. The van der Waals surface area contributed by atoms with E-state index in [9.17, 15) is 4.79 Å². The number of Topliss-reactive ketones (excluding diaryl/α,β-unsaturated/α-hetero) is 1. The molecule has 1 unspecified atom stereocenters. The van der Waals surface area contributed by atoms with Crippen LogP contribution in [-0.2, 0) is 6.54 Å². The van der Waals surface area contributed by atoms with Crippen molar-refractivity contribution in [1.29, 1.82) is 0 Å². The van der Waals surface area contributed by atoms with Crippen molar-refractivity contribution in [2.75, 3.05) is 0 Å². The number of ketones is 1. The third kappa shape index (κ3) is 2.93. The molecular formula is C16H19ClN2O. The van der Waals surface area contributed by atoms with Crippen molar-refractivity contribution >= 4 is 17.4 Å². The zero-order valence-electron chi connectivity index (χ0n) is 11.8. The minimum Gasteiger partial charge on any atom is -0.292 e. The maximum Gasteiger partial charge on any atom is 0.189 e. The topological polar surface area (TPSA) is 34.9 Å². The van der Waals surface area contributed by atoms with Gasteiger partial charge in [0.15, 0.2) is 5.78 Å². The molecule has 1 aromatic heterocycles. The molecule has 1 atom stereocenters. The number of carbonyl (C=O) groups excluding carboxylic acids is 1. The molecule has 0 aliphatic rings. The highest BCUT2D eigenvalue weighted by molar-refractivity contribution is 6.33. The summed E-state index contributed by atoms with van der Waals surface area (Å²) in [4.78, 5) is 12.8. The van der Waals surface area contributed by atoms with E-state index in [0.29, 0.717) is 17.3 Å². The summed E-state index contributed by atoms with van der Waals surface area (Å²) in [6.45, 7) is 4.78. The number of hydrogen-bond donors (Lipinski definition) is 0. The molecule has 0 fully saturated rings. The van der Waals surface area contributed by atoms with Crippen LogP contribution in [0.4, 0.5) is 0 Å². The molecule has 0 spiro atoms. The predicted molar refractivity (Wildman–Crippen MR) is 81.3 cm³/mol. The van der Waals surface area contributed by atoms with Crippen LogP contribution in [0.3, 0.4) is 0 Å². The monoisotopic (exact) mass is 290 g/mol. The fraction of sp³-hybridized carbons (Fsp3) is 0.375. The van der Waals surface area contributed by atoms with Gasteiger partial charge in [0.1, 0.15) is 5.69 Å². The molecule has 2 rings (SSSR count). The lowest BCUT2D eigenvalue weighted by Crippen LogP contribution is -2.18. The molecule has 1 heterocycles. The van der Waals surface area contributed by atoms with Gasteiger partial charge in [-0.25, -0.2) is 0 Å². The molecule has 20 heavy (non-hydrogen) atoms. The third-order valence-electron chi connectivity index (χ3n) is 3.39. The Morgan fingerprint density at radius 1 is 1.30 bits per heavy atom. The van der Waals surface area contributed by atoms with Crippen molar-refractivity contribution in [2.45, 2.75) is 39.2 Å². The lowest BCUT2D eigenvalue weighted by molar-refractivity contribution is 0.0946. The Balaban J connectivity index is 2.36. The molecule has 0 saturated heterocycles. The number of benzene rings is 1. The van der Waals surface area contributed by atoms with Crippen LogP contribution >= 0.6 is 11.6 Å². The van der Waals surface area contributed by atoms with Gasteiger partial charge < -0.3 is 0 Å². The van der Waals surface area contributed by atoms with Gasteiger partial charge in [-0.2, -0.15) is 5.10 Å². The number of aryl methyl sites for hydroxylation is 1. The first-order valence-electron chi connectivity index (χ1n) is 6.99. The van der Waals surface area contributed by atoms with Crippen LogP contribution < -0.4 is 0 Å². The molecule has 1 aromatic carbocycles. The van der Waals surface area contributed by atoms with Gasteiger partial charge in [0.2, 0.25) is 0 Å². The maximum absolute atomic E-state index is 12.8. The first-order valence-corrected chi connectivity index (χ1v) is 7.37. The van der Waals surface area contributed by atoms with Gasteiger partial charge in [-0.05, 0) is 18.4 Å². The van der Waals surface area contributed by atoms with Crippen LogP contribution in [0.1, 0.15) is 48.7 Å². The van der Waals surface area contributed by atoms with Crippen LogP contribution in [0, 0.1) is 0 Å². The number of rotatable bonds is 6. The van der Waals surface area contributed by atoms with E-state index in [1.165, 1.54) is 0 Å². The fourth-order valence-corrected chi connectivity index (χ4v) is 2.65. The molecule has 0 aliphatic heterocycles. The molecule has 106 valence electrons. The standard InChI is InChI=1S/C16H19ClN2O/c1-3-10-19-15(14(17)11-18-19)16(20)13(4-2)12-8-6-5-7-9-12/h5-9,11,13H,3-4,10H2,1-2H3. The molecule has 3 nitrogen and oxygen atoms in total. The number of halogens is 1. The molecule has 4 heteroatoms. The van der Waals surface area contributed by atoms with E-state index < -0.39 is 0 Å². The minimum absolute atomic E-state index is 0.0506. The number of carbonyl (C=O) groups is 1. The van der Waals surface area contributed by atoms with Gasteiger partial charge in [0, 0.05) is 12.5 Å². The predicted octanol–water partition coefficient (Wildman–Crippen LogP) is 4.32. The van der Waals surface area contributed by atoms with Crippen molar-refractivity contribution < 1.29 is 4.79 Å². The lowest BCUT2D eigenvalue weighted by atomic mass is 9.90. The van der Waals surface area contributed by atoms with Gasteiger partial charge in [-0.3, -0.25) is 9.48 Å². The quantitative estimate of drug-likeness (QED) is 0.743. The largest absolute Gasteiger partial charge is 0.292 e. The average Bonchev–Trinajstić information content (AvgIpc) is 2.82. The Labute approximate surface area is 124 Å². The second-order valence-corrected chi connectivity index (χ2v) is 5.21. The minimum atomic E-state index is -0.166. The van der Waals surface area contributed by atoms with E-state index in [-0.39, 0.29) is 11.7 Å². The Kier molecular flexibility index (Phi) is 4.96. The van der Waals surface area contributed by atoms with Crippen molar-refractivity contribution in [1.82, 2.24) is 9.78 Å². The van der Waals surface area contributed by atoms with Crippen molar-refractivity contribution in [3.8, 4) is 0 Å². The van der Waals surface area contributed by atoms with E-state index in [2.05, 4.69) is 12.0 Å². The van der Waals surface area contributed by atoms with Crippen LogP contribution in [0.15, 0.2) is 36.5 Å². The molecule has 2 aromatic rings. The third-order valence-corrected chi connectivity index (χ3v) is 3.67. The molecule has 0 amide bonds. The van der Waals surface area contributed by atoms with Gasteiger partial charge >= 0.3 is 0 Å². The van der Waals surface area contributed by atoms with Gasteiger partial charge in [0.05, 0.1) is 11.2 Å². The maximum atomic E-state index is 12.8. The van der Waals surface area contributed by atoms with E-state index in [4.69, 9.17) is 11.6 Å². The van der Waals surface area contributed by atoms with Crippen molar-refractivity contribution in [3.05, 3.63) is 52.8 Å². The SMILES string of the molecule is CCCn1ncc(Cl)c1C(=O)C(CC)c1ccccc1. The number of nitrogens with zero attached hydrogens (tertiary/aromatic N) is 2.